The number of amides is 3. The molecule has 4 rings (SSSR count). The zero-order chi connectivity index (χ0) is 20.1. The highest BCUT2D eigenvalue weighted by molar-refractivity contribution is 6.07. The van der Waals surface area contributed by atoms with Crippen LogP contribution in [0.25, 0.3) is 11.4 Å². The fourth-order valence-corrected chi connectivity index (χ4v) is 3.32. The maximum atomic E-state index is 13.0. The molecule has 1 N–H and O–H groups in total. The summed E-state index contributed by atoms with van der Waals surface area (Å²) in [5, 5.41) is 6.54. The van der Waals surface area contributed by atoms with Crippen molar-refractivity contribution in [3.63, 3.8) is 0 Å². The summed E-state index contributed by atoms with van der Waals surface area (Å²) in [6.45, 7) is 4.96. The predicted molar refractivity (Wildman–Crippen MR) is 94.3 cm³/mol. The fourth-order valence-electron chi connectivity index (χ4n) is 3.32. The van der Waals surface area contributed by atoms with Gasteiger partial charge >= 0.3 is 6.03 Å². The number of imide groups is 1. The lowest BCUT2D eigenvalue weighted by molar-refractivity contribution is -0.131. The van der Waals surface area contributed by atoms with Gasteiger partial charge in [-0.15, -0.1) is 0 Å². The second kappa shape index (κ2) is 6.29. The zero-order valence-corrected chi connectivity index (χ0v) is 15.4. The van der Waals surface area contributed by atoms with Gasteiger partial charge in [0.05, 0.1) is 0 Å². The number of nitrogens with zero attached hydrogens (tertiary/aromatic N) is 3. The van der Waals surface area contributed by atoms with Crippen molar-refractivity contribution in [3.05, 3.63) is 59.1 Å². The lowest BCUT2D eigenvalue weighted by Gasteiger charge is -2.20. The van der Waals surface area contributed by atoms with Gasteiger partial charge in [0.2, 0.25) is 11.7 Å². The number of furan rings is 1. The van der Waals surface area contributed by atoms with Crippen LogP contribution in [0.5, 0.6) is 0 Å². The molecule has 1 aromatic carbocycles. The number of rotatable bonds is 4. The average molecular weight is 384 g/mol. The number of aryl methyl sites for hydroxylation is 2. The standard InChI is InChI=1S/C19H17FN4O4/c1-10-8-14(11(2)27-10)19(3)17(25)24(18(26)22-19)9-15-21-16(23-28-15)12-4-6-13(20)7-5-12/h4-8H,9H2,1-3H3,(H,22,26). The van der Waals surface area contributed by atoms with Crippen molar-refractivity contribution in [2.45, 2.75) is 32.9 Å². The molecule has 28 heavy (non-hydrogen) atoms. The van der Waals surface area contributed by atoms with Gasteiger partial charge in [0.1, 0.15) is 29.4 Å². The Kier molecular flexibility index (Phi) is 4.02. The van der Waals surface area contributed by atoms with Crippen LogP contribution in [0.4, 0.5) is 9.18 Å². The molecule has 0 spiro atoms. The van der Waals surface area contributed by atoms with Crippen LogP contribution in [-0.4, -0.2) is 27.0 Å². The van der Waals surface area contributed by atoms with E-state index in [1.54, 1.807) is 26.8 Å². The summed E-state index contributed by atoms with van der Waals surface area (Å²) in [6, 6.07) is 6.76. The van der Waals surface area contributed by atoms with Crippen molar-refractivity contribution in [2.24, 2.45) is 0 Å². The average Bonchev–Trinajstić information content (AvgIpc) is 3.30. The number of hydrogen-bond donors (Lipinski definition) is 1. The third-order valence-corrected chi connectivity index (χ3v) is 4.72. The van der Waals surface area contributed by atoms with Crippen LogP contribution in [-0.2, 0) is 16.9 Å². The van der Waals surface area contributed by atoms with Gasteiger partial charge in [-0.3, -0.25) is 9.69 Å². The summed E-state index contributed by atoms with van der Waals surface area (Å²) in [5.41, 5.74) is -0.0787. The minimum Gasteiger partial charge on any atom is -0.466 e. The van der Waals surface area contributed by atoms with Crippen molar-refractivity contribution >= 4 is 11.9 Å². The van der Waals surface area contributed by atoms with Gasteiger partial charge in [0.25, 0.3) is 5.91 Å². The third kappa shape index (κ3) is 2.84. The van der Waals surface area contributed by atoms with Crippen LogP contribution >= 0.6 is 0 Å². The molecule has 0 bridgehead atoms. The van der Waals surface area contributed by atoms with Crippen LogP contribution in [0.2, 0.25) is 0 Å². The molecule has 1 unspecified atom stereocenters. The van der Waals surface area contributed by atoms with Gasteiger partial charge in [-0.25, -0.2) is 9.18 Å². The molecule has 2 aromatic heterocycles. The summed E-state index contributed by atoms with van der Waals surface area (Å²) < 4.78 is 23.7. The van der Waals surface area contributed by atoms with Crippen molar-refractivity contribution in [1.29, 1.82) is 0 Å². The number of hydrogen-bond acceptors (Lipinski definition) is 6. The van der Waals surface area contributed by atoms with Crippen molar-refractivity contribution in [2.75, 3.05) is 0 Å². The zero-order valence-electron chi connectivity index (χ0n) is 15.4. The molecule has 1 fully saturated rings. The highest BCUT2D eigenvalue weighted by Gasteiger charge is 2.51. The molecule has 1 saturated heterocycles. The first-order valence-electron chi connectivity index (χ1n) is 8.58. The minimum absolute atomic E-state index is 0.0900. The van der Waals surface area contributed by atoms with Crippen molar-refractivity contribution < 1.29 is 22.9 Å². The first kappa shape index (κ1) is 17.9. The van der Waals surface area contributed by atoms with Crippen molar-refractivity contribution in [3.8, 4) is 11.4 Å². The molecule has 3 amide bonds. The summed E-state index contributed by atoms with van der Waals surface area (Å²) in [4.78, 5) is 30.6. The van der Waals surface area contributed by atoms with E-state index >= 15 is 0 Å². The maximum Gasteiger partial charge on any atom is 0.325 e. The quantitative estimate of drug-likeness (QED) is 0.694. The van der Waals surface area contributed by atoms with E-state index in [1.807, 2.05) is 0 Å². The molecule has 9 heteroatoms. The van der Waals surface area contributed by atoms with Crippen LogP contribution in [0, 0.1) is 19.7 Å². The molecule has 0 radical (unpaired) electrons. The normalized spacial score (nSPS) is 19.4. The second-order valence-corrected chi connectivity index (χ2v) is 6.79. The van der Waals surface area contributed by atoms with E-state index < -0.39 is 17.5 Å². The minimum atomic E-state index is -1.24. The predicted octanol–water partition coefficient (Wildman–Crippen LogP) is 3.05. The first-order chi connectivity index (χ1) is 13.3. The number of urea groups is 1. The molecule has 144 valence electrons. The number of carbonyl (C=O) groups is 2. The number of benzene rings is 1. The number of halogens is 1. The topological polar surface area (TPSA) is 101 Å². The lowest BCUT2D eigenvalue weighted by atomic mass is 9.92. The molecule has 3 aromatic rings. The fraction of sp³-hybridized carbons (Fsp3) is 0.263. The third-order valence-electron chi connectivity index (χ3n) is 4.72. The molecule has 8 nitrogen and oxygen atoms in total. The van der Waals surface area contributed by atoms with Gasteiger partial charge in [0, 0.05) is 11.1 Å². The monoisotopic (exact) mass is 384 g/mol. The summed E-state index contributed by atoms with van der Waals surface area (Å²) in [5.74, 6) is 0.721. The van der Waals surface area contributed by atoms with Crippen molar-refractivity contribution in [1.82, 2.24) is 20.4 Å². The number of carbonyl (C=O) groups excluding carboxylic acids is 2. The van der Waals surface area contributed by atoms with E-state index in [0.717, 1.165) is 4.90 Å². The Morgan fingerprint density at radius 1 is 1.21 bits per heavy atom. The Hall–Kier alpha value is -3.49. The molecule has 1 aliphatic rings. The highest BCUT2D eigenvalue weighted by atomic mass is 19.1. The molecule has 0 saturated carbocycles. The molecule has 1 aliphatic heterocycles. The van der Waals surface area contributed by atoms with Gasteiger partial charge < -0.3 is 14.3 Å². The van der Waals surface area contributed by atoms with E-state index in [1.165, 1.54) is 24.3 Å². The molecule has 0 aliphatic carbocycles. The van der Waals surface area contributed by atoms with E-state index in [-0.39, 0.29) is 24.1 Å². The Morgan fingerprint density at radius 2 is 1.93 bits per heavy atom. The van der Waals surface area contributed by atoms with Gasteiger partial charge in [-0.2, -0.15) is 4.98 Å². The largest absolute Gasteiger partial charge is 0.466 e. The smallest absolute Gasteiger partial charge is 0.325 e. The molecule has 1 atom stereocenters. The summed E-state index contributed by atoms with van der Waals surface area (Å²) in [7, 11) is 0. The molecular weight excluding hydrogens is 367 g/mol. The molecular formula is C19H17FN4O4. The van der Waals surface area contributed by atoms with E-state index in [9.17, 15) is 14.0 Å². The first-order valence-corrected chi connectivity index (χ1v) is 8.58. The van der Waals surface area contributed by atoms with E-state index in [4.69, 9.17) is 8.94 Å². The van der Waals surface area contributed by atoms with E-state index in [2.05, 4.69) is 15.5 Å². The van der Waals surface area contributed by atoms with Crippen LogP contribution in [0.15, 0.2) is 39.3 Å². The Morgan fingerprint density at radius 3 is 2.57 bits per heavy atom. The number of aromatic nitrogens is 2. The van der Waals surface area contributed by atoms with Crippen LogP contribution in [0.3, 0.4) is 0 Å². The summed E-state index contributed by atoms with van der Waals surface area (Å²) in [6.07, 6.45) is 0. The van der Waals surface area contributed by atoms with Crippen LogP contribution < -0.4 is 5.32 Å². The lowest BCUT2D eigenvalue weighted by Crippen LogP contribution is -2.41. The maximum absolute atomic E-state index is 13.0. The summed E-state index contributed by atoms with van der Waals surface area (Å²) >= 11 is 0. The van der Waals surface area contributed by atoms with Gasteiger partial charge in [0.15, 0.2) is 0 Å². The van der Waals surface area contributed by atoms with Crippen LogP contribution in [0.1, 0.15) is 29.9 Å². The Balaban J connectivity index is 1.57. The number of nitrogens with one attached hydrogen (secondary N) is 1. The van der Waals surface area contributed by atoms with E-state index in [0.29, 0.717) is 22.6 Å². The Labute approximate surface area is 159 Å². The SMILES string of the molecule is Cc1cc(C2(C)NC(=O)N(Cc3nc(-c4ccc(F)cc4)no3)C2=O)c(C)o1. The highest BCUT2D eigenvalue weighted by Crippen LogP contribution is 2.33. The Bertz CT molecular complexity index is 1070. The van der Waals surface area contributed by atoms with Gasteiger partial charge in [-0.1, -0.05) is 5.16 Å². The molecule has 3 heterocycles. The van der Waals surface area contributed by atoms with Gasteiger partial charge in [-0.05, 0) is 51.1 Å². The second-order valence-electron chi connectivity index (χ2n) is 6.79.